The van der Waals surface area contributed by atoms with E-state index < -0.39 is 11.7 Å². The number of ether oxygens (including phenoxy) is 1. The van der Waals surface area contributed by atoms with E-state index >= 15 is 0 Å². The van der Waals surface area contributed by atoms with Crippen LogP contribution in [0.5, 0.6) is 0 Å². The maximum absolute atomic E-state index is 11.2. The van der Waals surface area contributed by atoms with Gasteiger partial charge in [-0.3, -0.25) is 4.99 Å². The Balaban J connectivity index is 3.46. The number of amides is 1. The van der Waals surface area contributed by atoms with E-state index in [0.29, 0.717) is 13.1 Å². The van der Waals surface area contributed by atoms with Crippen LogP contribution in [0.4, 0.5) is 4.79 Å². The molecule has 0 atom stereocenters. The van der Waals surface area contributed by atoms with Crippen molar-refractivity contribution in [1.82, 2.24) is 5.32 Å². The molecule has 0 spiro atoms. The molecule has 0 bridgehead atoms. The molecule has 0 saturated carbocycles. The fourth-order valence-electron chi connectivity index (χ4n) is 0.950. The molecule has 0 aliphatic heterocycles. The van der Waals surface area contributed by atoms with Crippen LogP contribution in [0.15, 0.2) is 4.99 Å². The normalized spacial score (nSPS) is 10.7. The summed E-state index contributed by atoms with van der Waals surface area (Å²) in [6.07, 6.45) is 1.25. The van der Waals surface area contributed by atoms with Gasteiger partial charge in [0.2, 0.25) is 0 Å². The summed E-state index contributed by atoms with van der Waals surface area (Å²) in [6.45, 7) is 6.62. The minimum atomic E-state index is -0.456. The van der Waals surface area contributed by atoms with Crippen molar-refractivity contribution < 1.29 is 9.53 Å². The summed E-state index contributed by atoms with van der Waals surface area (Å²) in [5.41, 5.74) is 9.87. The number of carbonyl (C=O) groups is 1. The first-order valence-electron chi connectivity index (χ1n) is 5.33. The van der Waals surface area contributed by atoms with E-state index in [2.05, 4.69) is 10.3 Å². The number of alkyl carbamates (subject to hydrolysis) is 1. The number of carbonyl (C=O) groups excluding carboxylic acids is 1. The number of unbranched alkanes of at least 4 members (excludes halogenated alkanes) is 1. The van der Waals surface area contributed by atoms with Gasteiger partial charge < -0.3 is 21.5 Å². The molecule has 0 saturated heterocycles. The van der Waals surface area contributed by atoms with Crippen molar-refractivity contribution in [3.8, 4) is 0 Å². The number of hydrogen-bond acceptors (Lipinski definition) is 3. The first-order valence-corrected chi connectivity index (χ1v) is 5.33. The summed E-state index contributed by atoms with van der Waals surface area (Å²) in [5, 5.41) is 2.66. The minimum absolute atomic E-state index is 0.0973. The molecular formula is C10H22N4O2. The Morgan fingerprint density at radius 1 is 1.31 bits per heavy atom. The van der Waals surface area contributed by atoms with Gasteiger partial charge in [0, 0.05) is 13.1 Å². The Bertz CT molecular complexity index is 242. The van der Waals surface area contributed by atoms with Gasteiger partial charge in [0.1, 0.15) is 5.60 Å². The van der Waals surface area contributed by atoms with Gasteiger partial charge >= 0.3 is 6.09 Å². The molecule has 0 rings (SSSR count). The van der Waals surface area contributed by atoms with Gasteiger partial charge in [0.15, 0.2) is 5.96 Å². The second-order valence-electron chi connectivity index (χ2n) is 4.44. The third kappa shape index (κ3) is 10.6. The van der Waals surface area contributed by atoms with Gasteiger partial charge in [-0.2, -0.15) is 0 Å². The zero-order valence-electron chi connectivity index (χ0n) is 10.2. The minimum Gasteiger partial charge on any atom is -0.444 e. The van der Waals surface area contributed by atoms with Gasteiger partial charge in [0.25, 0.3) is 0 Å². The van der Waals surface area contributed by atoms with E-state index in [4.69, 9.17) is 16.2 Å². The van der Waals surface area contributed by atoms with Crippen LogP contribution in [0, 0.1) is 0 Å². The Hall–Kier alpha value is -1.46. The number of nitrogens with one attached hydrogen (secondary N) is 1. The van der Waals surface area contributed by atoms with Gasteiger partial charge in [-0.05, 0) is 33.6 Å². The van der Waals surface area contributed by atoms with Gasteiger partial charge in [-0.25, -0.2) is 4.79 Å². The van der Waals surface area contributed by atoms with E-state index in [1.54, 1.807) is 0 Å². The van der Waals surface area contributed by atoms with Gasteiger partial charge in [-0.15, -0.1) is 0 Å². The maximum atomic E-state index is 11.2. The molecule has 0 unspecified atom stereocenters. The fraction of sp³-hybridized carbons (Fsp3) is 0.800. The van der Waals surface area contributed by atoms with Crippen molar-refractivity contribution in [2.45, 2.75) is 39.2 Å². The lowest BCUT2D eigenvalue weighted by Crippen LogP contribution is -2.33. The van der Waals surface area contributed by atoms with Crippen LogP contribution < -0.4 is 16.8 Å². The number of nitrogens with zero attached hydrogens (tertiary/aromatic N) is 1. The Kier molecular flexibility index (Phi) is 6.29. The zero-order valence-corrected chi connectivity index (χ0v) is 10.2. The van der Waals surface area contributed by atoms with Crippen LogP contribution in [-0.4, -0.2) is 30.7 Å². The van der Waals surface area contributed by atoms with Crippen LogP contribution in [-0.2, 0) is 4.74 Å². The van der Waals surface area contributed by atoms with Gasteiger partial charge in [-0.1, -0.05) is 0 Å². The lowest BCUT2D eigenvalue weighted by molar-refractivity contribution is 0.0527. The predicted octanol–water partition coefficient (Wildman–Crippen LogP) is 0.565. The first-order chi connectivity index (χ1) is 7.31. The monoisotopic (exact) mass is 230 g/mol. The number of aliphatic imine (C=N–C) groups is 1. The van der Waals surface area contributed by atoms with Crippen LogP contribution in [0.2, 0.25) is 0 Å². The molecule has 0 radical (unpaired) electrons. The Morgan fingerprint density at radius 3 is 2.44 bits per heavy atom. The molecule has 0 heterocycles. The maximum Gasteiger partial charge on any atom is 0.407 e. The summed E-state index contributed by atoms with van der Waals surface area (Å²) in [4.78, 5) is 15.0. The van der Waals surface area contributed by atoms with E-state index in [0.717, 1.165) is 12.8 Å². The quantitative estimate of drug-likeness (QED) is 0.365. The zero-order chi connectivity index (χ0) is 12.6. The van der Waals surface area contributed by atoms with E-state index in [1.807, 2.05) is 20.8 Å². The van der Waals surface area contributed by atoms with E-state index in [-0.39, 0.29) is 5.96 Å². The molecule has 0 aliphatic carbocycles. The van der Waals surface area contributed by atoms with E-state index in [1.165, 1.54) is 0 Å². The molecule has 16 heavy (non-hydrogen) atoms. The number of guanidine groups is 1. The lowest BCUT2D eigenvalue weighted by atomic mass is 10.2. The Labute approximate surface area is 96.4 Å². The smallest absolute Gasteiger partial charge is 0.407 e. The SMILES string of the molecule is CC(C)(C)OC(=O)NCCCCN=C(N)N. The molecule has 5 N–H and O–H groups in total. The highest BCUT2D eigenvalue weighted by Crippen LogP contribution is 2.06. The summed E-state index contributed by atoms with van der Waals surface area (Å²) in [5.74, 6) is 0.0973. The summed E-state index contributed by atoms with van der Waals surface area (Å²) in [7, 11) is 0. The molecule has 0 aliphatic rings. The third-order valence-corrected chi connectivity index (χ3v) is 1.55. The van der Waals surface area contributed by atoms with Crippen molar-refractivity contribution in [3.05, 3.63) is 0 Å². The summed E-state index contributed by atoms with van der Waals surface area (Å²) in [6, 6.07) is 0. The van der Waals surface area contributed by atoms with Crippen molar-refractivity contribution in [3.63, 3.8) is 0 Å². The van der Waals surface area contributed by atoms with E-state index in [9.17, 15) is 4.79 Å². The van der Waals surface area contributed by atoms with Gasteiger partial charge in [0.05, 0.1) is 0 Å². The predicted molar refractivity (Wildman–Crippen MR) is 64.1 cm³/mol. The van der Waals surface area contributed by atoms with Crippen molar-refractivity contribution in [1.29, 1.82) is 0 Å². The molecular weight excluding hydrogens is 208 g/mol. The summed E-state index contributed by atoms with van der Waals surface area (Å²) < 4.78 is 5.06. The number of hydrogen-bond donors (Lipinski definition) is 3. The summed E-state index contributed by atoms with van der Waals surface area (Å²) >= 11 is 0. The van der Waals surface area contributed by atoms with Crippen LogP contribution in [0.1, 0.15) is 33.6 Å². The highest BCUT2D eigenvalue weighted by molar-refractivity contribution is 5.75. The standard InChI is InChI=1S/C10H22N4O2/c1-10(2,3)16-9(15)14-7-5-4-6-13-8(11)12/h4-7H2,1-3H3,(H,14,15)(H4,11,12,13). The molecule has 0 aromatic rings. The second-order valence-corrected chi connectivity index (χ2v) is 4.44. The van der Waals surface area contributed by atoms with Crippen LogP contribution >= 0.6 is 0 Å². The molecule has 0 aromatic heterocycles. The number of nitrogens with two attached hydrogens (primary N) is 2. The van der Waals surface area contributed by atoms with Crippen molar-refractivity contribution in [2.24, 2.45) is 16.5 Å². The van der Waals surface area contributed by atoms with Crippen molar-refractivity contribution >= 4 is 12.1 Å². The highest BCUT2D eigenvalue weighted by atomic mass is 16.6. The van der Waals surface area contributed by atoms with Crippen LogP contribution in [0.3, 0.4) is 0 Å². The first kappa shape index (κ1) is 14.5. The average molecular weight is 230 g/mol. The molecule has 1 amide bonds. The number of rotatable bonds is 5. The fourth-order valence-corrected chi connectivity index (χ4v) is 0.950. The molecule has 0 fully saturated rings. The topological polar surface area (TPSA) is 103 Å². The third-order valence-electron chi connectivity index (χ3n) is 1.55. The largest absolute Gasteiger partial charge is 0.444 e. The molecule has 6 nitrogen and oxygen atoms in total. The average Bonchev–Trinajstić information content (AvgIpc) is 2.07. The van der Waals surface area contributed by atoms with Crippen molar-refractivity contribution in [2.75, 3.05) is 13.1 Å². The molecule has 0 aromatic carbocycles. The van der Waals surface area contributed by atoms with Crippen LogP contribution in [0.25, 0.3) is 0 Å². The lowest BCUT2D eigenvalue weighted by Gasteiger charge is -2.19. The molecule has 6 heteroatoms. The Morgan fingerprint density at radius 2 is 1.94 bits per heavy atom. The highest BCUT2D eigenvalue weighted by Gasteiger charge is 2.15. The second kappa shape index (κ2) is 6.92. The molecule has 94 valence electrons.